The summed E-state index contributed by atoms with van der Waals surface area (Å²) in [6.07, 6.45) is 5.86. The second-order valence-electron chi connectivity index (χ2n) is 2.46. The summed E-state index contributed by atoms with van der Waals surface area (Å²) in [7, 11) is 0. The van der Waals surface area contributed by atoms with E-state index in [2.05, 4.69) is 0 Å². The van der Waals surface area contributed by atoms with Crippen molar-refractivity contribution < 1.29 is 4.92 Å². The summed E-state index contributed by atoms with van der Waals surface area (Å²) in [5, 5.41) is 10.1. The van der Waals surface area contributed by atoms with Crippen molar-refractivity contribution in [1.29, 1.82) is 0 Å². The van der Waals surface area contributed by atoms with Crippen molar-refractivity contribution in [2.75, 3.05) is 0 Å². The van der Waals surface area contributed by atoms with Gasteiger partial charge in [-0.3, -0.25) is 10.1 Å². The van der Waals surface area contributed by atoms with Crippen molar-refractivity contribution in [2.24, 2.45) is 5.92 Å². The first kappa shape index (κ1) is 6.99. The fourth-order valence-electron chi connectivity index (χ4n) is 0.851. The normalized spacial score (nSPS) is 24.1. The van der Waals surface area contributed by atoms with Crippen molar-refractivity contribution >= 4 is 0 Å². The molecule has 0 aromatic heterocycles. The Hall–Kier alpha value is -1.12. The molecule has 0 amide bonds. The van der Waals surface area contributed by atoms with Crippen molar-refractivity contribution in [3.05, 3.63) is 34.0 Å². The van der Waals surface area contributed by atoms with E-state index in [4.69, 9.17) is 0 Å². The van der Waals surface area contributed by atoms with Crippen LogP contribution in [0, 0.1) is 16.0 Å². The van der Waals surface area contributed by atoms with E-state index in [0.717, 1.165) is 6.42 Å². The molecule has 1 aliphatic carbocycles. The van der Waals surface area contributed by atoms with Gasteiger partial charge in [0.1, 0.15) is 0 Å². The maximum Gasteiger partial charge on any atom is 0.265 e. The average Bonchev–Trinajstić information content (AvgIpc) is 1.88. The van der Waals surface area contributed by atoms with E-state index in [1.165, 1.54) is 0 Å². The molecular weight excluding hydrogens is 130 g/mol. The first-order valence-electron chi connectivity index (χ1n) is 3.23. The van der Waals surface area contributed by atoms with Gasteiger partial charge in [-0.2, -0.15) is 0 Å². The molecule has 0 spiro atoms. The van der Waals surface area contributed by atoms with Crippen LogP contribution >= 0.6 is 0 Å². The van der Waals surface area contributed by atoms with Crippen LogP contribution in [0.2, 0.25) is 0 Å². The molecule has 0 radical (unpaired) electrons. The third-order valence-corrected chi connectivity index (χ3v) is 1.51. The standard InChI is InChI=1S/C7H9NO2/c1-6-2-4-7(5-3-6)8(9)10/h2,4-6H,3H2,1H3/t6-/m1/s1. The number of hydrogen-bond acceptors (Lipinski definition) is 2. The van der Waals surface area contributed by atoms with Gasteiger partial charge in [-0.1, -0.05) is 13.0 Å². The number of nitro groups is 1. The van der Waals surface area contributed by atoms with Crippen molar-refractivity contribution in [3.8, 4) is 0 Å². The van der Waals surface area contributed by atoms with Crippen LogP contribution < -0.4 is 0 Å². The zero-order valence-corrected chi connectivity index (χ0v) is 5.78. The largest absolute Gasteiger partial charge is 0.265 e. The molecule has 54 valence electrons. The minimum atomic E-state index is -0.359. The smallest absolute Gasteiger partial charge is 0.258 e. The SMILES string of the molecule is C[C@@H]1C=CC([N+](=O)[O-])=CC1. The monoisotopic (exact) mass is 139 g/mol. The Labute approximate surface area is 59.2 Å². The number of allylic oxidation sites excluding steroid dienone is 3. The van der Waals surface area contributed by atoms with Crippen molar-refractivity contribution in [1.82, 2.24) is 0 Å². The quantitative estimate of drug-likeness (QED) is 0.410. The fraction of sp³-hybridized carbons (Fsp3) is 0.429. The molecule has 1 atom stereocenters. The molecule has 0 fully saturated rings. The Morgan fingerprint density at radius 2 is 2.50 bits per heavy atom. The molecule has 0 aromatic carbocycles. The molecule has 3 heteroatoms. The van der Waals surface area contributed by atoms with Gasteiger partial charge in [0.15, 0.2) is 0 Å². The Bertz CT molecular complexity index is 206. The minimum absolute atomic E-state index is 0.220. The van der Waals surface area contributed by atoms with Crippen LogP contribution in [0.25, 0.3) is 0 Å². The van der Waals surface area contributed by atoms with Gasteiger partial charge < -0.3 is 0 Å². The van der Waals surface area contributed by atoms with Gasteiger partial charge in [0.25, 0.3) is 5.70 Å². The Balaban J connectivity index is 2.67. The molecule has 0 aliphatic heterocycles. The highest BCUT2D eigenvalue weighted by atomic mass is 16.6. The second kappa shape index (κ2) is 2.64. The van der Waals surface area contributed by atoms with Gasteiger partial charge in [-0.15, -0.1) is 0 Å². The fourth-order valence-corrected chi connectivity index (χ4v) is 0.851. The highest BCUT2D eigenvalue weighted by Crippen LogP contribution is 2.15. The van der Waals surface area contributed by atoms with E-state index >= 15 is 0 Å². The lowest BCUT2D eigenvalue weighted by atomic mass is 10.0. The van der Waals surface area contributed by atoms with Gasteiger partial charge in [0.05, 0.1) is 4.92 Å². The van der Waals surface area contributed by atoms with Crippen LogP contribution in [-0.2, 0) is 0 Å². The van der Waals surface area contributed by atoms with Crippen LogP contribution in [0.5, 0.6) is 0 Å². The summed E-state index contributed by atoms with van der Waals surface area (Å²) in [4.78, 5) is 9.79. The first-order valence-corrected chi connectivity index (χ1v) is 3.23. The van der Waals surface area contributed by atoms with E-state index in [1.54, 1.807) is 12.2 Å². The molecule has 0 bridgehead atoms. The van der Waals surface area contributed by atoms with Crippen LogP contribution in [0.3, 0.4) is 0 Å². The third-order valence-electron chi connectivity index (χ3n) is 1.51. The molecule has 10 heavy (non-hydrogen) atoms. The van der Waals surface area contributed by atoms with Gasteiger partial charge in [-0.05, 0) is 18.4 Å². The lowest BCUT2D eigenvalue weighted by Crippen LogP contribution is -2.01. The van der Waals surface area contributed by atoms with Crippen molar-refractivity contribution in [2.45, 2.75) is 13.3 Å². The maximum atomic E-state index is 10.1. The third kappa shape index (κ3) is 1.43. The zero-order chi connectivity index (χ0) is 7.56. The Kier molecular flexibility index (Phi) is 1.85. The van der Waals surface area contributed by atoms with Crippen LogP contribution in [0.15, 0.2) is 23.9 Å². The molecule has 1 rings (SSSR count). The minimum Gasteiger partial charge on any atom is -0.258 e. The first-order chi connectivity index (χ1) is 4.70. The summed E-state index contributed by atoms with van der Waals surface area (Å²) >= 11 is 0. The van der Waals surface area contributed by atoms with Crippen LogP contribution in [0.4, 0.5) is 0 Å². The van der Waals surface area contributed by atoms with Gasteiger partial charge >= 0.3 is 0 Å². The van der Waals surface area contributed by atoms with Crippen LogP contribution in [-0.4, -0.2) is 4.92 Å². The Morgan fingerprint density at radius 1 is 1.80 bits per heavy atom. The maximum absolute atomic E-state index is 10.1. The van der Waals surface area contributed by atoms with E-state index in [-0.39, 0.29) is 10.6 Å². The number of hydrogen-bond donors (Lipinski definition) is 0. The summed E-state index contributed by atoms with van der Waals surface area (Å²) in [5.74, 6) is 0.448. The van der Waals surface area contributed by atoms with E-state index in [9.17, 15) is 10.1 Å². The molecular formula is C7H9NO2. The molecule has 1 aliphatic rings. The number of rotatable bonds is 1. The molecule has 0 saturated carbocycles. The van der Waals surface area contributed by atoms with Crippen molar-refractivity contribution in [3.63, 3.8) is 0 Å². The molecule has 0 heterocycles. The van der Waals surface area contributed by atoms with Gasteiger partial charge in [0.2, 0.25) is 0 Å². The summed E-state index contributed by atoms with van der Waals surface area (Å²) in [5.41, 5.74) is 0.220. The average molecular weight is 139 g/mol. The highest BCUT2D eigenvalue weighted by Gasteiger charge is 2.10. The molecule has 0 N–H and O–H groups in total. The number of nitrogens with zero attached hydrogens (tertiary/aromatic N) is 1. The molecule has 0 unspecified atom stereocenters. The zero-order valence-electron chi connectivity index (χ0n) is 5.78. The summed E-state index contributed by atoms with van der Waals surface area (Å²) < 4.78 is 0. The summed E-state index contributed by atoms with van der Waals surface area (Å²) in [6.45, 7) is 2.03. The highest BCUT2D eigenvalue weighted by molar-refractivity contribution is 5.16. The second-order valence-corrected chi connectivity index (χ2v) is 2.46. The summed E-state index contributed by atoms with van der Waals surface area (Å²) in [6, 6.07) is 0. The van der Waals surface area contributed by atoms with Crippen LogP contribution in [0.1, 0.15) is 13.3 Å². The predicted molar refractivity (Wildman–Crippen MR) is 38.0 cm³/mol. The molecule has 0 saturated heterocycles. The van der Waals surface area contributed by atoms with Gasteiger partial charge in [0, 0.05) is 6.08 Å². The van der Waals surface area contributed by atoms with E-state index < -0.39 is 0 Å². The lowest BCUT2D eigenvalue weighted by molar-refractivity contribution is -0.419. The predicted octanol–water partition coefficient (Wildman–Crippen LogP) is 1.74. The Morgan fingerprint density at radius 3 is 2.90 bits per heavy atom. The molecule has 3 nitrogen and oxygen atoms in total. The van der Waals surface area contributed by atoms with Gasteiger partial charge in [-0.25, -0.2) is 0 Å². The molecule has 0 aromatic rings. The van der Waals surface area contributed by atoms with E-state index in [1.807, 2.05) is 13.0 Å². The van der Waals surface area contributed by atoms with E-state index in [0.29, 0.717) is 5.92 Å². The lowest BCUT2D eigenvalue weighted by Gasteiger charge is -2.04. The topological polar surface area (TPSA) is 43.1 Å².